The van der Waals surface area contributed by atoms with E-state index in [2.05, 4.69) is 6.92 Å². The molecule has 0 spiro atoms. The van der Waals surface area contributed by atoms with Crippen molar-refractivity contribution in [1.82, 2.24) is 0 Å². The maximum Gasteiger partial charge on any atom is 0.128 e. The van der Waals surface area contributed by atoms with E-state index in [9.17, 15) is 0 Å². The fraction of sp³-hybridized carbons (Fsp3) is 0.200. The van der Waals surface area contributed by atoms with E-state index in [4.69, 9.17) is 39.5 Å². The average molecular weight is 316 g/mol. The highest BCUT2D eigenvalue weighted by molar-refractivity contribution is 6.32. The number of hydrogen-bond acceptors (Lipinski definition) is 1. The van der Waals surface area contributed by atoms with Gasteiger partial charge in [-0.05, 0) is 47.9 Å². The second kappa shape index (κ2) is 6.51. The SMILES string of the molecule is CCc1cc(Oc2ccc(CCl)c(Cl)c2)ccc1Cl. The molecule has 0 atom stereocenters. The molecule has 0 N–H and O–H groups in total. The summed E-state index contributed by atoms with van der Waals surface area (Å²) in [7, 11) is 0. The molecule has 0 saturated carbocycles. The third kappa shape index (κ3) is 3.56. The normalized spacial score (nSPS) is 10.5. The number of aryl methyl sites for hydroxylation is 1. The molecule has 0 aliphatic heterocycles. The van der Waals surface area contributed by atoms with Crippen molar-refractivity contribution in [3.8, 4) is 11.5 Å². The molecule has 1 nitrogen and oxygen atoms in total. The molecule has 2 aromatic rings. The van der Waals surface area contributed by atoms with E-state index in [1.54, 1.807) is 6.07 Å². The third-order valence-corrected chi connectivity index (χ3v) is 3.81. The van der Waals surface area contributed by atoms with Crippen LogP contribution in [0.1, 0.15) is 18.1 Å². The van der Waals surface area contributed by atoms with Crippen LogP contribution in [0.2, 0.25) is 10.0 Å². The van der Waals surface area contributed by atoms with Crippen LogP contribution in [0, 0.1) is 0 Å². The number of rotatable bonds is 4. The van der Waals surface area contributed by atoms with Gasteiger partial charge in [0.05, 0.1) is 0 Å². The van der Waals surface area contributed by atoms with Crippen LogP contribution in [-0.4, -0.2) is 0 Å². The number of halogens is 3. The minimum Gasteiger partial charge on any atom is -0.457 e. The molecule has 19 heavy (non-hydrogen) atoms. The second-order valence-corrected chi connectivity index (χ2v) is 5.18. The molecule has 0 amide bonds. The van der Waals surface area contributed by atoms with E-state index in [1.165, 1.54) is 0 Å². The Hall–Kier alpha value is -0.890. The minimum absolute atomic E-state index is 0.389. The predicted molar refractivity (Wildman–Crippen MR) is 81.9 cm³/mol. The molecule has 0 heterocycles. The molecule has 0 bridgehead atoms. The Kier molecular flexibility index (Phi) is 4.98. The molecule has 0 unspecified atom stereocenters. The lowest BCUT2D eigenvalue weighted by Gasteiger charge is -2.09. The van der Waals surface area contributed by atoms with Gasteiger partial charge in [-0.25, -0.2) is 0 Å². The van der Waals surface area contributed by atoms with E-state index >= 15 is 0 Å². The lowest BCUT2D eigenvalue weighted by molar-refractivity contribution is 0.482. The lowest BCUT2D eigenvalue weighted by atomic mass is 10.1. The number of alkyl halides is 1. The Labute approximate surface area is 128 Å². The molecule has 2 rings (SSSR count). The first-order valence-corrected chi connectivity index (χ1v) is 7.23. The first-order valence-electron chi connectivity index (χ1n) is 5.94. The molecular formula is C15H13Cl3O. The van der Waals surface area contributed by atoms with Crippen LogP contribution < -0.4 is 4.74 Å². The van der Waals surface area contributed by atoms with Gasteiger partial charge < -0.3 is 4.74 Å². The monoisotopic (exact) mass is 314 g/mol. The molecular weight excluding hydrogens is 303 g/mol. The van der Waals surface area contributed by atoms with Gasteiger partial charge in [0.25, 0.3) is 0 Å². The van der Waals surface area contributed by atoms with Crippen LogP contribution in [0.5, 0.6) is 11.5 Å². The number of benzene rings is 2. The maximum atomic E-state index is 6.09. The molecule has 0 aliphatic carbocycles. The van der Waals surface area contributed by atoms with E-state index < -0.39 is 0 Å². The largest absolute Gasteiger partial charge is 0.457 e. The molecule has 100 valence electrons. The highest BCUT2D eigenvalue weighted by Crippen LogP contribution is 2.29. The number of hydrogen-bond donors (Lipinski definition) is 0. The molecule has 4 heteroatoms. The van der Waals surface area contributed by atoms with Crippen LogP contribution in [-0.2, 0) is 12.3 Å². The van der Waals surface area contributed by atoms with Crippen LogP contribution in [0.15, 0.2) is 36.4 Å². The second-order valence-electron chi connectivity index (χ2n) is 4.10. The highest BCUT2D eigenvalue weighted by Gasteiger charge is 2.05. The molecule has 0 saturated heterocycles. The standard InChI is InChI=1S/C15H13Cl3O/c1-2-10-7-12(5-6-14(10)17)19-13-4-3-11(9-16)15(18)8-13/h3-8H,2,9H2,1H3. The van der Waals surface area contributed by atoms with Crippen molar-refractivity contribution < 1.29 is 4.74 Å². The van der Waals surface area contributed by atoms with Crippen molar-refractivity contribution in [1.29, 1.82) is 0 Å². The smallest absolute Gasteiger partial charge is 0.128 e. The summed E-state index contributed by atoms with van der Waals surface area (Å²) < 4.78 is 5.77. The van der Waals surface area contributed by atoms with E-state index in [0.29, 0.717) is 16.7 Å². The van der Waals surface area contributed by atoms with Crippen molar-refractivity contribution >= 4 is 34.8 Å². The quantitative estimate of drug-likeness (QED) is 0.621. The zero-order valence-electron chi connectivity index (χ0n) is 10.4. The van der Waals surface area contributed by atoms with E-state index in [1.807, 2.05) is 30.3 Å². The first kappa shape index (κ1) is 14.5. The third-order valence-electron chi connectivity index (χ3n) is 2.80. The van der Waals surface area contributed by atoms with Crippen molar-refractivity contribution in [2.45, 2.75) is 19.2 Å². The molecule has 2 aromatic carbocycles. The van der Waals surface area contributed by atoms with Crippen molar-refractivity contribution in [2.24, 2.45) is 0 Å². The van der Waals surface area contributed by atoms with Crippen molar-refractivity contribution in [3.05, 3.63) is 57.6 Å². The summed E-state index contributed by atoms with van der Waals surface area (Å²) in [5.74, 6) is 1.82. The van der Waals surface area contributed by atoms with Gasteiger partial charge in [0.2, 0.25) is 0 Å². The average Bonchev–Trinajstić information content (AvgIpc) is 2.41. The lowest BCUT2D eigenvalue weighted by Crippen LogP contribution is -1.89. The van der Waals surface area contributed by atoms with Gasteiger partial charge in [-0.15, -0.1) is 11.6 Å². The van der Waals surface area contributed by atoms with Gasteiger partial charge >= 0.3 is 0 Å². The maximum absolute atomic E-state index is 6.09. The van der Waals surface area contributed by atoms with E-state index in [0.717, 1.165) is 28.3 Å². The summed E-state index contributed by atoms with van der Waals surface area (Å²) in [6.45, 7) is 2.05. The summed E-state index contributed by atoms with van der Waals surface area (Å²) >= 11 is 17.9. The summed E-state index contributed by atoms with van der Waals surface area (Å²) in [4.78, 5) is 0. The van der Waals surface area contributed by atoms with Crippen molar-refractivity contribution in [2.75, 3.05) is 0 Å². The van der Waals surface area contributed by atoms with Crippen LogP contribution in [0.4, 0.5) is 0 Å². The summed E-state index contributed by atoms with van der Waals surface area (Å²) in [6.07, 6.45) is 0.863. The first-order chi connectivity index (χ1) is 9.13. The number of ether oxygens (including phenoxy) is 1. The van der Waals surface area contributed by atoms with Gasteiger partial charge in [0.15, 0.2) is 0 Å². The molecule has 0 aromatic heterocycles. The Morgan fingerprint density at radius 1 is 0.895 bits per heavy atom. The highest BCUT2D eigenvalue weighted by atomic mass is 35.5. The van der Waals surface area contributed by atoms with Gasteiger partial charge in [-0.3, -0.25) is 0 Å². The van der Waals surface area contributed by atoms with E-state index in [-0.39, 0.29) is 0 Å². The Morgan fingerprint density at radius 2 is 1.58 bits per heavy atom. The predicted octanol–water partition coefficient (Wildman–Crippen LogP) is 6.09. The fourth-order valence-corrected chi connectivity index (χ4v) is 2.51. The summed E-state index contributed by atoms with van der Waals surface area (Å²) in [6, 6.07) is 11.1. The Bertz CT molecular complexity index is 582. The summed E-state index contributed by atoms with van der Waals surface area (Å²) in [5.41, 5.74) is 1.95. The van der Waals surface area contributed by atoms with Crippen LogP contribution in [0.25, 0.3) is 0 Å². The van der Waals surface area contributed by atoms with Gasteiger partial charge in [-0.2, -0.15) is 0 Å². The molecule has 0 radical (unpaired) electrons. The summed E-state index contributed by atoms with van der Waals surface area (Å²) in [5, 5.41) is 1.36. The van der Waals surface area contributed by atoms with Gasteiger partial charge in [-0.1, -0.05) is 36.2 Å². The minimum atomic E-state index is 0.389. The van der Waals surface area contributed by atoms with Crippen LogP contribution in [0.3, 0.4) is 0 Å². The zero-order chi connectivity index (χ0) is 13.8. The van der Waals surface area contributed by atoms with Gasteiger partial charge in [0, 0.05) is 15.9 Å². The Balaban J connectivity index is 2.23. The fourth-order valence-electron chi connectivity index (χ4n) is 1.72. The topological polar surface area (TPSA) is 9.23 Å². The van der Waals surface area contributed by atoms with Gasteiger partial charge in [0.1, 0.15) is 11.5 Å². The van der Waals surface area contributed by atoms with Crippen LogP contribution >= 0.6 is 34.8 Å². The molecule has 0 aliphatic rings. The Morgan fingerprint density at radius 3 is 2.21 bits per heavy atom. The molecule has 0 fully saturated rings. The zero-order valence-corrected chi connectivity index (χ0v) is 12.7. The van der Waals surface area contributed by atoms with Crippen molar-refractivity contribution in [3.63, 3.8) is 0 Å².